The molecule has 11 heteroatoms. The van der Waals surface area contributed by atoms with Gasteiger partial charge in [0.1, 0.15) is 0 Å². The van der Waals surface area contributed by atoms with Crippen molar-refractivity contribution in [2.45, 2.75) is 18.4 Å². The molecule has 11 nitrogen and oxygen atoms in total. The van der Waals surface area contributed by atoms with Crippen LogP contribution in [-0.2, 0) is 11.2 Å². The van der Waals surface area contributed by atoms with E-state index in [2.05, 4.69) is 5.32 Å². The summed E-state index contributed by atoms with van der Waals surface area (Å²) < 4.78 is 38.7. The van der Waals surface area contributed by atoms with Crippen molar-refractivity contribution in [3.05, 3.63) is 64.7 Å². The van der Waals surface area contributed by atoms with Crippen molar-refractivity contribution in [3.63, 3.8) is 0 Å². The van der Waals surface area contributed by atoms with Gasteiger partial charge in [0.25, 0.3) is 0 Å². The Kier molecular flexibility index (Phi) is 9.02. The van der Waals surface area contributed by atoms with E-state index in [1.54, 1.807) is 38.5 Å². The largest absolute Gasteiger partial charge is 0.493 e. The van der Waals surface area contributed by atoms with E-state index < -0.39 is 30.5 Å². The van der Waals surface area contributed by atoms with Gasteiger partial charge in [-0.25, -0.2) is 0 Å². The first-order valence-corrected chi connectivity index (χ1v) is 13.9. The van der Waals surface area contributed by atoms with Crippen molar-refractivity contribution in [1.29, 1.82) is 0 Å². The molecule has 3 aromatic rings. The summed E-state index contributed by atoms with van der Waals surface area (Å²) in [5.74, 6) is 0.848. The van der Waals surface area contributed by atoms with E-state index in [-0.39, 0.29) is 12.7 Å². The molecule has 43 heavy (non-hydrogen) atoms. The van der Waals surface area contributed by atoms with Crippen molar-refractivity contribution in [2.24, 2.45) is 11.8 Å². The fraction of sp³-hybridized carbons (Fsp3) is 0.406. The number of hydrogen-bond acceptors (Lipinski definition) is 10. The Morgan fingerprint density at radius 2 is 1.47 bits per heavy atom. The fourth-order valence-corrected chi connectivity index (χ4v) is 6.08. The summed E-state index contributed by atoms with van der Waals surface area (Å²) in [6.45, 7) is -0.0641. The van der Waals surface area contributed by atoms with Crippen LogP contribution in [0.5, 0.6) is 40.2 Å². The smallest absolute Gasteiger partial charge is 0.231 e. The van der Waals surface area contributed by atoms with Crippen LogP contribution in [0.2, 0.25) is 0 Å². The third-order valence-corrected chi connectivity index (χ3v) is 8.18. The minimum absolute atomic E-state index is 0.0483. The third kappa shape index (κ3) is 5.57. The summed E-state index contributed by atoms with van der Waals surface area (Å²) in [4.78, 5) is 14.1. The maximum atomic E-state index is 14.1. The number of rotatable bonds is 11. The highest BCUT2D eigenvalue weighted by Crippen LogP contribution is 2.53. The second-order valence-corrected chi connectivity index (χ2v) is 10.3. The van der Waals surface area contributed by atoms with Gasteiger partial charge in [-0.3, -0.25) is 4.79 Å². The molecule has 2 aliphatic rings. The van der Waals surface area contributed by atoms with Crippen LogP contribution in [0.3, 0.4) is 0 Å². The second-order valence-electron chi connectivity index (χ2n) is 10.3. The molecule has 0 saturated carbocycles. The van der Waals surface area contributed by atoms with Crippen LogP contribution in [0, 0.1) is 11.8 Å². The lowest BCUT2D eigenvalue weighted by molar-refractivity contribution is -0.131. The molecule has 0 radical (unpaired) electrons. The van der Waals surface area contributed by atoms with E-state index >= 15 is 0 Å². The van der Waals surface area contributed by atoms with E-state index in [1.165, 1.54) is 21.3 Å². The summed E-state index contributed by atoms with van der Waals surface area (Å²) >= 11 is 0. The number of aliphatic hydroxyl groups excluding tert-OH is 2. The number of carbonyl (C=O) groups excluding carboxylic acids is 1. The number of nitrogens with one attached hydrogen (secondary N) is 1. The first kappa shape index (κ1) is 30.1. The summed E-state index contributed by atoms with van der Waals surface area (Å²) in [5.41, 5.74) is 2.85. The molecule has 230 valence electrons. The minimum atomic E-state index is -1.13. The summed E-state index contributed by atoms with van der Waals surface area (Å²) in [7, 11) is 7.70. The molecular formula is C32H37NO10. The zero-order valence-corrected chi connectivity index (χ0v) is 24.8. The maximum absolute atomic E-state index is 14.1. The van der Waals surface area contributed by atoms with Crippen LogP contribution in [0.1, 0.15) is 34.3 Å². The van der Waals surface area contributed by atoms with Gasteiger partial charge in [-0.15, -0.1) is 0 Å². The number of aliphatic hydroxyl groups is 2. The van der Waals surface area contributed by atoms with Gasteiger partial charge >= 0.3 is 0 Å². The summed E-state index contributed by atoms with van der Waals surface area (Å²) in [5, 5.41) is 25.1. The Morgan fingerprint density at radius 3 is 2.05 bits per heavy atom. The van der Waals surface area contributed by atoms with E-state index in [0.717, 1.165) is 5.56 Å². The highest BCUT2D eigenvalue weighted by atomic mass is 16.7. The lowest BCUT2D eigenvalue weighted by Gasteiger charge is -2.41. The molecule has 3 N–H and O–H groups in total. The Morgan fingerprint density at radius 1 is 0.837 bits per heavy atom. The quantitative estimate of drug-likeness (QED) is 0.303. The standard InChI is InChI=1S/C32H37NO10/c1-37-22-7-6-17(10-23(22)38-2)8-9-33-32(36)29-21(15-34)30(35)20-14-25-24(42-16-43-25)13-19(20)28(29)18-11-26(39-3)31(41-5)27(12-18)40-4/h6-7,10-14,21,28-30,34-35H,8-9,15-16H2,1-5H3,(H,33,36)/t21-,28+,29-,30-/m0/s1. The highest BCUT2D eigenvalue weighted by molar-refractivity contribution is 5.82. The number of amides is 1. The molecular weight excluding hydrogens is 558 g/mol. The average molecular weight is 596 g/mol. The van der Waals surface area contributed by atoms with Gasteiger partial charge in [-0.1, -0.05) is 6.07 Å². The Bertz CT molecular complexity index is 1450. The van der Waals surface area contributed by atoms with E-state index in [4.69, 9.17) is 33.2 Å². The Labute approximate surface area is 250 Å². The van der Waals surface area contributed by atoms with Crippen LogP contribution in [-0.4, -0.2) is 71.6 Å². The van der Waals surface area contributed by atoms with Gasteiger partial charge < -0.3 is 48.7 Å². The first-order chi connectivity index (χ1) is 20.9. The van der Waals surface area contributed by atoms with Crippen LogP contribution < -0.4 is 38.5 Å². The van der Waals surface area contributed by atoms with Gasteiger partial charge in [-0.05, 0) is 65.1 Å². The summed E-state index contributed by atoms with van der Waals surface area (Å²) in [6, 6.07) is 12.7. The normalized spacial score (nSPS) is 20.2. The van der Waals surface area contributed by atoms with Crippen molar-refractivity contribution < 1.29 is 48.2 Å². The molecule has 0 aromatic heterocycles. The van der Waals surface area contributed by atoms with Gasteiger partial charge in [0.15, 0.2) is 34.5 Å². The van der Waals surface area contributed by atoms with Crippen LogP contribution in [0.25, 0.3) is 0 Å². The molecule has 5 rings (SSSR count). The van der Waals surface area contributed by atoms with Crippen LogP contribution >= 0.6 is 0 Å². The molecule has 0 spiro atoms. The van der Waals surface area contributed by atoms with Gasteiger partial charge in [0.05, 0.1) is 47.6 Å². The molecule has 4 atom stereocenters. The Hall–Kier alpha value is -4.35. The number of benzene rings is 3. The SMILES string of the molecule is COc1ccc(CCNC(=O)[C@@H]2[C@H](c3cc(OC)c(OC)c(OC)c3)c3cc4c(cc3[C@H](O)[C@H]2CO)OCO4)cc1OC. The van der Waals surface area contributed by atoms with Crippen molar-refractivity contribution >= 4 is 5.91 Å². The monoisotopic (exact) mass is 595 g/mol. The predicted octanol–water partition coefficient (Wildman–Crippen LogP) is 3.22. The molecule has 0 fully saturated rings. The molecule has 1 aliphatic heterocycles. The van der Waals surface area contributed by atoms with Gasteiger partial charge in [-0.2, -0.15) is 0 Å². The lowest BCUT2D eigenvalue weighted by atomic mass is 9.64. The second kappa shape index (κ2) is 12.9. The van der Waals surface area contributed by atoms with Gasteiger partial charge in [0, 0.05) is 25.0 Å². The van der Waals surface area contributed by atoms with E-state index in [1.807, 2.05) is 18.2 Å². The van der Waals surface area contributed by atoms with Crippen molar-refractivity contribution in [2.75, 3.05) is 55.5 Å². The minimum Gasteiger partial charge on any atom is -0.493 e. The lowest BCUT2D eigenvalue weighted by Crippen LogP contribution is -2.45. The van der Waals surface area contributed by atoms with Crippen LogP contribution in [0.15, 0.2) is 42.5 Å². The van der Waals surface area contributed by atoms with Gasteiger partial charge in [0.2, 0.25) is 18.4 Å². The molecule has 0 unspecified atom stereocenters. The summed E-state index contributed by atoms with van der Waals surface area (Å²) in [6.07, 6.45) is -0.607. The topological polar surface area (TPSA) is 134 Å². The molecule has 1 amide bonds. The zero-order chi connectivity index (χ0) is 30.7. The molecule has 0 bridgehead atoms. The van der Waals surface area contributed by atoms with E-state index in [9.17, 15) is 15.0 Å². The maximum Gasteiger partial charge on any atom is 0.231 e. The van der Waals surface area contributed by atoms with E-state index in [0.29, 0.717) is 69.9 Å². The van der Waals surface area contributed by atoms with Crippen molar-refractivity contribution in [3.8, 4) is 40.2 Å². The molecule has 0 saturated heterocycles. The predicted molar refractivity (Wildman–Crippen MR) is 156 cm³/mol. The highest BCUT2D eigenvalue weighted by Gasteiger charge is 2.47. The molecule has 1 aliphatic carbocycles. The molecule has 1 heterocycles. The average Bonchev–Trinajstić information content (AvgIpc) is 3.50. The number of carbonyl (C=O) groups is 1. The first-order valence-electron chi connectivity index (χ1n) is 13.9. The number of hydrogen-bond donors (Lipinski definition) is 3. The third-order valence-electron chi connectivity index (χ3n) is 8.18. The molecule has 3 aromatic carbocycles. The number of methoxy groups -OCH3 is 5. The Balaban J connectivity index is 1.54. The number of fused-ring (bicyclic) bond motifs is 2. The zero-order valence-electron chi connectivity index (χ0n) is 24.8. The number of ether oxygens (including phenoxy) is 7. The van der Waals surface area contributed by atoms with Crippen LogP contribution in [0.4, 0.5) is 0 Å². The fourth-order valence-electron chi connectivity index (χ4n) is 6.08. The van der Waals surface area contributed by atoms with Crippen molar-refractivity contribution in [1.82, 2.24) is 5.32 Å².